The molecule has 1 fully saturated rings. The Labute approximate surface area is 106 Å². The van der Waals surface area contributed by atoms with E-state index in [-0.39, 0.29) is 10.6 Å². The number of hydrogen-bond donors (Lipinski definition) is 0. The van der Waals surface area contributed by atoms with E-state index in [0.717, 1.165) is 32.8 Å². The van der Waals surface area contributed by atoms with Crippen molar-refractivity contribution < 1.29 is 9.66 Å². The number of para-hydroxylation sites is 1. The molecule has 5 nitrogen and oxygen atoms in total. The SMILES string of the molecule is O=[N+]([O-])c1ccccc1C=CCN1CCOCC1. The lowest BCUT2D eigenvalue weighted by Crippen LogP contribution is -2.36. The zero-order chi connectivity index (χ0) is 12.8. The Morgan fingerprint density at radius 1 is 1.33 bits per heavy atom. The topological polar surface area (TPSA) is 55.6 Å². The second-order valence-electron chi connectivity index (χ2n) is 4.13. The Morgan fingerprint density at radius 2 is 2.06 bits per heavy atom. The van der Waals surface area contributed by atoms with Gasteiger partial charge in [0.25, 0.3) is 5.69 Å². The van der Waals surface area contributed by atoms with E-state index in [9.17, 15) is 10.1 Å². The molecule has 1 aliphatic heterocycles. The van der Waals surface area contributed by atoms with Gasteiger partial charge in [-0.15, -0.1) is 0 Å². The number of hydrogen-bond acceptors (Lipinski definition) is 4. The predicted octanol–water partition coefficient (Wildman–Crippen LogP) is 1.94. The van der Waals surface area contributed by atoms with E-state index in [2.05, 4.69) is 4.90 Å². The van der Waals surface area contributed by atoms with Gasteiger partial charge in [-0.25, -0.2) is 0 Å². The molecule has 96 valence electrons. The number of ether oxygens (including phenoxy) is 1. The average Bonchev–Trinajstić information content (AvgIpc) is 2.40. The van der Waals surface area contributed by atoms with Gasteiger partial charge >= 0.3 is 0 Å². The van der Waals surface area contributed by atoms with Crippen molar-refractivity contribution >= 4 is 11.8 Å². The molecule has 0 radical (unpaired) electrons. The Hall–Kier alpha value is -1.72. The summed E-state index contributed by atoms with van der Waals surface area (Å²) in [5, 5.41) is 10.8. The molecule has 1 aliphatic rings. The van der Waals surface area contributed by atoms with Crippen molar-refractivity contribution in [3.63, 3.8) is 0 Å². The maximum Gasteiger partial charge on any atom is 0.276 e. The number of nitro groups is 1. The molecule has 0 atom stereocenters. The Morgan fingerprint density at radius 3 is 2.78 bits per heavy atom. The van der Waals surface area contributed by atoms with Crippen molar-refractivity contribution in [3.8, 4) is 0 Å². The number of benzene rings is 1. The fourth-order valence-electron chi connectivity index (χ4n) is 1.91. The van der Waals surface area contributed by atoms with E-state index in [0.29, 0.717) is 5.56 Å². The third-order valence-electron chi connectivity index (χ3n) is 2.90. The molecule has 1 aromatic rings. The minimum Gasteiger partial charge on any atom is -0.379 e. The Kier molecular flexibility index (Phi) is 4.44. The molecule has 0 spiro atoms. The summed E-state index contributed by atoms with van der Waals surface area (Å²) in [5.74, 6) is 0. The molecule has 1 aromatic carbocycles. The van der Waals surface area contributed by atoms with Crippen molar-refractivity contribution in [3.05, 3.63) is 46.0 Å². The van der Waals surface area contributed by atoms with E-state index in [1.807, 2.05) is 12.2 Å². The average molecular weight is 248 g/mol. The van der Waals surface area contributed by atoms with Crippen LogP contribution in [-0.4, -0.2) is 42.7 Å². The highest BCUT2D eigenvalue weighted by Crippen LogP contribution is 2.18. The lowest BCUT2D eigenvalue weighted by Gasteiger charge is -2.25. The van der Waals surface area contributed by atoms with Gasteiger partial charge in [-0.1, -0.05) is 24.3 Å². The zero-order valence-electron chi connectivity index (χ0n) is 10.1. The molecule has 0 bridgehead atoms. The van der Waals surface area contributed by atoms with Gasteiger partial charge < -0.3 is 4.74 Å². The summed E-state index contributed by atoms with van der Waals surface area (Å²) < 4.78 is 5.26. The first-order valence-electron chi connectivity index (χ1n) is 5.97. The fourth-order valence-corrected chi connectivity index (χ4v) is 1.91. The number of nitrogens with zero attached hydrogens (tertiary/aromatic N) is 2. The third-order valence-corrected chi connectivity index (χ3v) is 2.90. The molecule has 0 N–H and O–H groups in total. The Bertz CT molecular complexity index is 440. The van der Waals surface area contributed by atoms with Gasteiger partial charge in [0.05, 0.1) is 23.7 Å². The van der Waals surface area contributed by atoms with Crippen LogP contribution in [0.1, 0.15) is 5.56 Å². The normalized spacial score (nSPS) is 17.1. The van der Waals surface area contributed by atoms with E-state index >= 15 is 0 Å². The molecule has 1 heterocycles. The van der Waals surface area contributed by atoms with E-state index in [1.54, 1.807) is 18.2 Å². The third kappa shape index (κ3) is 3.38. The van der Waals surface area contributed by atoms with Crippen LogP contribution in [0.5, 0.6) is 0 Å². The van der Waals surface area contributed by atoms with Crippen LogP contribution in [0.25, 0.3) is 6.08 Å². The van der Waals surface area contributed by atoms with Crippen LogP contribution in [0.15, 0.2) is 30.3 Å². The molecule has 0 amide bonds. The largest absolute Gasteiger partial charge is 0.379 e. The van der Waals surface area contributed by atoms with Crippen molar-refractivity contribution in [1.29, 1.82) is 0 Å². The molecule has 2 rings (SSSR count). The van der Waals surface area contributed by atoms with Gasteiger partial charge in [-0.3, -0.25) is 15.0 Å². The second-order valence-corrected chi connectivity index (χ2v) is 4.13. The minimum absolute atomic E-state index is 0.149. The molecular weight excluding hydrogens is 232 g/mol. The summed E-state index contributed by atoms with van der Waals surface area (Å²) in [6.45, 7) is 4.16. The number of rotatable bonds is 4. The summed E-state index contributed by atoms with van der Waals surface area (Å²) in [7, 11) is 0. The van der Waals surface area contributed by atoms with Crippen molar-refractivity contribution in [2.75, 3.05) is 32.8 Å². The minimum atomic E-state index is -0.353. The molecule has 5 heteroatoms. The van der Waals surface area contributed by atoms with Gasteiger partial charge in [0, 0.05) is 25.7 Å². The predicted molar refractivity (Wildman–Crippen MR) is 69.4 cm³/mol. The van der Waals surface area contributed by atoms with E-state index in [1.165, 1.54) is 6.07 Å². The van der Waals surface area contributed by atoms with Crippen LogP contribution in [0.4, 0.5) is 5.69 Å². The highest BCUT2D eigenvalue weighted by molar-refractivity contribution is 5.60. The molecule has 0 saturated carbocycles. The van der Waals surface area contributed by atoms with Crippen molar-refractivity contribution in [1.82, 2.24) is 4.90 Å². The van der Waals surface area contributed by atoms with Crippen LogP contribution in [0.3, 0.4) is 0 Å². The van der Waals surface area contributed by atoms with Crippen LogP contribution in [0.2, 0.25) is 0 Å². The van der Waals surface area contributed by atoms with Crippen LogP contribution >= 0.6 is 0 Å². The fraction of sp³-hybridized carbons (Fsp3) is 0.385. The molecule has 18 heavy (non-hydrogen) atoms. The Balaban J connectivity index is 1.97. The molecule has 0 aliphatic carbocycles. The molecule has 1 saturated heterocycles. The van der Waals surface area contributed by atoms with Gasteiger partial charge in [0.15, 0.2) is 0 Å². The molecule has 0 unspecified atom stereocenters. The van der Waals surface area contributed by atoms with Crippen LogP contribution < -0.4 is 0 Å². The summed E-state index contributed by atoms with van der Waals surface area (Å²) in [5.41, 5.74) is 0.798. The van der Waals surface area contributed by atoms with Gasteiger partial charge in [0.1, 0.15) is 0 Å². The first-order valence-corrected chi connectivity index (χ1v) is 5.97. The highest BCUT2D eigenvalue weighted by atomic mass is 16.6. The standard InChI is InChI=1S/C13H16N2O3/c16-15(17)13-6-2-1-4-12(13)5-3-7-14-8-10-18-11-9-14/h1-6H,7-11H2. The van der Waals surface area contributed by atoms with E-state index in [4.69, 9.17) is 4.74 Å². The molecular formula is C13H16N2O3. The van der Waals surface area contributed by atoms with Crippen molar-refractivity contribution in [2.45, 2.75) is 0 Å². The smallest absolute Gasteiger partial charge is 0.276 e. The quantitative estimate of drug-likeness (QED) is 0.603. The summed E-state index contributed by atoms with van der Waals surface area (Å²) in [6, 6.07) is 6.77. The first kappa shape index (κ1) is 12.7. The maximum absolute atomic E-state index is 10.8. The monoisotopic (exact) mass is 248 g/mol. The van der Waals surface area contributed by atoms with Gasteiger partial charge in [0.2, 0.25) is 0 Å². The summed E-state index contributed by atoms with van der Waals surface area (Å²) in [6.07, 6.45) is 3.78. The summed E-state index contributed by atoms with van der Waals surface area (Å²) in [4.78, 5) is 12.7. The van der Waals surface area contributed by atoms with Crippen LogP contribution in [0, 0.1) is 10.1 Å². The first-order chi connectivity index (χ1) is 8.77. The lowest BCUT2D eigenvalue weighted by molar-refractivity contribution is -0.385. The lowest BCUT2D eigenvalue weighted by atomic mass is 10.1. The highest BCUT2D eigenvalue weighted by Gasteiger charge is 2.10. The van der Waals surface area contributed by atoms with Crippen molar-refractivity contribution in [2.24, 2.45) is 0 Å². The van der Waals surface area contributed by atoms with Gasteiger partial charge in [-0.05, 0) is 6.07 Å². The second kappa shape index (κ2) is 6.28. The van der Waals surface area contributed by atoms with Gasteiger partial charge in [-0.2, -0.15) is 0 Å². The molecule has 0 aromatic heterocycles. The number of morpholine rings is 1. The maximum atomic E-state index is 10.8. The number of nitro benzene ring substituents is 1. The zero-order valence-corrected chi connectivity index (χ0v) is 10.1. The van der Waals surface area contributed by atoms with E-state index < -0.39 is 0 Å². The summed E-state index contributed by atoms with van der Waals surface area (Å²) >= 11 is 0. The van der Waals surface area contributed by atoms with Crippen LogP contribution in [-0.2, 0) is 4.74 Å².